The van der Waals surface area contributed by atoms with Gasteiger partial charge < -0.3 is 5.32 Å². The van der Waals surface area contributed by atoms with Crippen LogP contribution in [0.15, 0.2) is 0 Å². The molecule has 19 heavy (non-hydrogen) atoms. The van der Waals surface area contributed by atoms with Crippen molar-refractivity contribution >= 4 is 11.6 Å². The number of nitrogens with one attached hydrogen (secondary N) is 1. The second-order valence-electron chi connectivity index (χ2n) is 5.44. The number of halogens is 1. The van der Waals surface area contributed by atoms with Crippen LogP contribution >= 0.6 is 11.6 Å². The van der Waals surface area contributed by atoms with Crippen molar-refractivity contribution in [2.75, 3.05) is 6.54 Å². The summed E-state index contributed by atoms with van der Waals surface area (Å²) in [5.41, 5.74) is 2.14. The van der Waals surface area contributed by atoms with Gasteiger partial charge in [0.25, 0.3) is 0 Å². The van der Waals surface area contributed by atoms with Crippen molar-refractivity contribution in [2.45, 2.75) is 66.5 Å². The van der Waals surface area contributed by atoms with Crippen LogP contribution in [0.3, 0.4) is 0 Å². The fourth-order valence-electron chi connectivity index (χ4n) is 2.20. The van der Waals surface area contributed by atoms with Gasteiger partial charge in [0.1, 0.15) is 0 Å². The highest BCUT2D eigenvalue weighted by molar-refractivity contribution is 6.31. The van der Waals surface area contributed by atoms with Gasteiger partial charge in [-0.25, -0.2) is 0 Å². The Hall–Kier alpha value is -0.540. The molecule has 0 aliphatic carbocycles. The SMILES string of the molecule is CCc1nn(CC)c(CNCCCCC(C)C)c1Cl. The van der Waals surface area contributed by atoms with E-state index in [0.29, 0.717) is 0 Å². The first kappa shape index (κ1) is 16.5. The Kier molecular flexibility index (Phi) is 7.47. The molecule has 0 atom stereocenters. The molecule has 3 nitrogen and oxygen atoms in total. The zero-order valence-electron chi connectivity index (χ0n) is 12.8. The lowest BCUT2D eigenvalue weighted by atomic mass is 10.1. The summed E-state index contributed by atoms with van der Waals surface area (Å²) in [6, 6.07) is 0. The van der Waals surface area contributed by atoms with E-state index in [1.54, 1.807) is 0 Å². The highest BCUT2D eigenvalue weighted by atomic mass is 35.5. The molecule has 0 saturated carbocycles. The quantitative estimate of drug-likeness (QED) is 0.694. The monoisotopic (exact) mass is 285 g/mol. The lowest BCUT2D eigenvalue weighted by molar-refractivity contribution is 0.512. The summed E-state index contributed by atoms with van der Waals surface area (Å²) in [4.78, 5) is 0. The smallest absolute Gasteiger partial charge is 0.0863 e. The van der Waals surface area contributed by atoms with E-state index in [0.717, 1.165) is 48.4 Å². The Labute approximate surface area is 122 Å². The molecule has 0 aliphatic rings. The number of rotatable bonds is 9. The molecule has 0 aromatic carbocycles. The van der Waals surface area contributed by atoms with Crippen molar-refractivity contribution in [3.8, 4) is 0 Å². The van der Waals surface area contributed by atoms with Crippen molar-refractivity contribution in [3.05, 3.63) is 16.4 Å². The molecule has 1 heterocycles. The molecule has 0 bridgehead atoms. The van der Waals surface area contributed by atoms with Crippen LogP contribution in [0.1, 0.15) is 58.3 Å². The van der Waals surface area contributed by atoms with E-state index in [1.165, 1.54) is 19.3 Å². The molecule has 0 saturated heterocycles. The Morgan fingerprint density at radius 1 is 1.26 bits per heavy atom. The zero-order valence-corrected chi connectivity index (χ0v) is 13.6. The maximum atomic E-state index is 6.37. The summed E-state index contributed by atoms with van der Waals surface area (Å²) in [6.45, 7) is 11.5. The third kappa shape index (κ3) is 5.15. The summed E-state index contributed by atoms with van der Waals surface area (Å²) < 4.78 is 2.02. The number of aryl methyl sites for hydroxylation is 2. The molecule has 0 radical (unpaired) electrons. The molecule has 1 aromatic heterocycles. The van der Waals surface area contributed by atoms with Crippen molar-refractivity contribution in [2.24, 2.45) is 5.92 Å². The van der Waals surface area contributed by atoms with Crippen molar-refractivity contribution < 1.29 is 0 Å². The maximum absolute atomic E-state index is 6.37. The average Bonchev–Trinajstić information content (AvgIpc) is 2.69. The molecule has 1 aromatic rings. The predicted molar refractivity (Wildman–Crippen MR) is 82.7 cm³/mol. The van der Waals surface area contributed by atoms with Crippen LogP contribution in [0.25, 0.3) is 0 Å². The van der Waals surface area contributed by atoms with Gasteiger partial charge in [0, 0.05) is 13.1 Å². The molecule has 0 aliphatic heterocycles. The van der Waals surface area contributed by atoms with E-state index in [-0.39, 0.29) is 0 Å². The van der Waals surface area contributed by atoms with Crippen molar-refractivity contribution in [1.29, 1.82) is 0 Å². The lowest BCUT2D eigenvalue weighted by Gasteiger charge is -2.08. The molecule has 0 unspecified atom stereocenters. The second kappa shape index (κ2) is 8.60. The maximum Gasteiger partial charge on any atom is 0.0863 e. The van der Waals surface area contributed by atoms with E-state index in [4.69, 9.17) is 11.6 Å². The molecular weight excluding hydrogens is 258 g/mol. The topological polar surface area (TPSA) is 29.9 Å². The standard InChI is InChI=1S/C15H28ClN3/c1-5-13-15(16)14(19(6-2)18-13)11-17-10-8-7-9-12(3)4/h12,17H,5-11H2,1-4H3. The summed E-state index contributed by atoms with van der Waals surface area (Å²) >= 11 is 6.37. The minimum atomic E-state index is 0.808. The summed E-state index contributed by atoms with van der Waals surface area (Å²) in [5, 5.41) is 8.86. The number of unbranched alkanes of at least 4 members (excludes halogenated alkanes) is 1. The second-order valence-corrected chi connectivity index (χ2v) is 5.82. The number of hydrogen-bond donors (Lipinski definition) is 1. The third-order valence-corrected chi connectivity index (χ3v) is 3.81. The van der Waals surface area contributed by atoms with Gasteiger partial charge in [0.15, 0.2) is 0 Å². The Bertz CT molecular complexity index is 372. The molecule has 110 valence electrons. The Morgan fingerprint density at radius 3 is 2.58 bits per heavy atom. The van der Waals surface area contributed by atoms with Crippen LogP contribution in [0.5, 0.6) is 0 Å². The number of aromatic nitrogens is 2. The first-order valence-electron chi connectivity index (χ1n) is 7.54. The average molecular weight is 286 g/mol. The fraction of sp³-hybridized carbons (Fsp3) is 0.800. The van der Waals surface area contributed by atoms with Crippen LogP contribution < -0.4 is 5.32 Å². The first-order valence-corrected chi connectivity index (χ1v) is 7.92. The molecule has 1 N–H and O–H groups in total. The number of hydrogen-bond acceptors (Lipinski definition) is 2. The van der Waals surface area contributed by atoms with E-state index in [9.17, 15) is 0 Å². The van der Waals surface area contributed by atoms with Crippen molar-refractivity contribution in [1.82, 2.24) is 15.1 Å². The Balaban J connectivity index is 2.38. The van der Waals surface area contributed by atoms with Crippen LogP contribution in [0.4, 0.5) is 0 Å². The fourth-order valence-corrected chi connectivity index (χ4v) is 2.53. The molecule has 0 spiro atoms. The van der Waals surface area contributed by atoms with Crippen LogP contribution in [0, 0.1) is 5.92 Å². The van der Waals surface area contributed by atoms with Crippen molar-refractivity contribution in [3.63, 3.8) is 0 Å². The van der Waals surface area contributed by atoms with Gasteiger partial charge in [-0.15, -0.1) is 0 Å². The van der Waals surface area contributed by atoms with Gasteiger partial charge in [-0.1, -0.05) is 45.2 Å². The highest BCUT2D eigenvalue weighted by Crippen LogP contribution is 2.21. The van der Waals surface area contributed by atoms with Gasteiger partial charge in [0.05, 0.1) is 16.4 Å². The van der Waals surface area contributed by atoms with Gasteiger partial charge >= 0.3 is 0 Å². The van der Waals surface area contributed by atoms with Gasteiger partial charge in [0.2, 0.25) is 0 Å². The van der Waals surface area contributed by atoms with E-state index in [2.05, 4.69) is 38.1 Å². The Morgan fingerprint density at radius 2 is 2.00 bits per heavy atom. The van der Waals surface area contributed by atoms with Crippen LogP contribution in [-0.4, -0.2) is 16.3 Å². The number of nitrogens with zero attached hydrogens (tertiary/aromatic N) is 2. The van der Waals surface area contributed by atoms with E-state index >= 15 is 0 Å². The summed E-state index contributed by atoms with van der Waals surface area (Å²) in [6.07, 6.45) is 4.74. The minimum Gasteiger partial charge on any atom is -0.311 e. The molecule has 0 amide bonds. The lowest BCUT2D eigenvalue weighted by Crippen LogP contribution is -2.18. The molecule has 1 rings (SSSR count). The molecule has 0 fully saturated rings. The first-order chi connectivity index (χ1) is 9.10. The van der Waals surface area contributed by atoms with Gasteiger partial charge in [-0.3, -0.25) is 4.68 Å². The molecular formula is C15H28ClN3. The largest absolute Gasteiger partial charge is 0.311 e. The minimum absolute atomic E-state index is 0.808. The normalized spacial score (nSPS) is 11.5. The zero-order chi connectivity index (χ0) is 14.3. The third-order valence-electron chi connectivity index (χ3n) is 3.37. The van der Waals surface area contributed by atoms with Crippen LogP contribution in [0.2, 0.25) is 5.02 Å². The highest BCUT2D eigenvalue weighted by Gasteiger charge is 2.13. The van der Waals surface area contributed by atoms with Crippen LogP contribution in [-0.2, 0) is 19.5 Å². The summed E-state index contributed by atoms with van der Waals surface area (Å²) in [7, 11) is 0. The van der Waals surface area contributed by atoms with E-state index < -0.39 is 0 Å². The van der Waals surface area contributed by atoms with Gasteiger partial charge in [-0.2, -0.15) is 5.10 Å². The predicted octanol–water partition coefficient (Wildman–Crippen LogP) is 4.03. The van der Waals surface area contributed by atoms with E-state index in [1.807, 2.05) is 4.68 Å². The molecule has 4 heteroatoms. The van der Waals surface area contributed by atoms with Gasteiger partial charge in [-0.05, 0) is 32.2 Å². The summed E-state index contributed by atoms with van der Waals surface area (Å²) in [5.74, 6) is 0.808.